The maximum absolute atomic E-state index is 10.6. The second-order valence-corrected chi connectivity index (χ2v) is 6.63. The molecule has 144 valence electrons. The zero-order valence-corrected chi connectivity index (χ0v) is 16.1. The summed E-state index contributed by atoms with van der Waals surface area (Å²) in [4.78, 5) is 0. The van der Waals surface area contributed by atoms with E-state index in [9.17, 15) is 5.11 Å². The number of hydrogen-bond donors (Lipinski definition) is 3. The molecule has 0 unspecified atom stereocenters. The first-order chi connectivity index (χ1) is 14.2. The molecule has 0 aliphatic heterocycles. The number of hydrogen-bond acceptors (Lipinski definition) is 4. The molecule has 0 amide bonds. The fraction of sp³-hybridized carbons (Fsp3) is 0.0400. The molecule has 0 aromatic heterocycles. The third-order valence-corrected chi connectivity index (χ3v) is 4.61. The van der Waals surface area contributed by atoms with Gasteiger partial charge in [-0.25, -0.2) is 0 Å². The summed E-state index contributed by atoms with van der Waals surface area (Å²) >= 11 is 0. The standard InChI is InChI=1S/C25H22N2O2/c1-29-25-17-21(27-19-10-6-3-7-11-19)13-15-23(25)22-14-12-20(16-24(22)28)26-18-8-4-2-5-9-18/h2-17,26-28H,1H3. The highest BCUT2D eigenvalue weighted by Crippen LogP contribution is 2.39. The van der Waals surface area contributed by atoms with E-state index < -0.39 is 0 Å². The molecular weight excluding hydrogens is 360 g/mol. The number of phenols is 1. The van der Waals surface area contributed by atoms with Crippen LogP contribution in [-0.4, -0.2) is 12.2 Å². The first-order valence-electron chi connectivity index (χ1n) is 9.38. The van der Waals surface area contributed by atoms with Crippen LogP contribution in [-0.2, 0) is 0 Å². The molecule has 4 rings (SSSR count). The van der Waals surface area contributed by atoms with E-state index in [2.05, 4.69) is 10.6 Å². The van der Waals surface area contributed by atoms with Gasteiger partial charge >= 0.3 is 0 Å². The molecular formula is C25H22N2O2. The average Bonchev–Trinajstić information content (AvgIpc) is 2.75. The Morgan fingerprint density at radius 2 is 1.10 bits per heavy atom. The van der Waals surface area contributed by atoms with E-state index in [1.807, 2.05) is 91.0 Å². The maximum Gasteiger partial charge on any atom is 0.128 e. The molecule has 29 heavy (non-hydrogen) atoms. The smallest absolute Gasteiger partial charge is 0.128 e. The van der Waals surface area contributed by atoms with Crippen LogP contribution in [0, 0.1) is 0 Å². The number of para-hydroxylation sites is 2. The summed E-state index contributed by atoms with van der Waals surface area (Å²) < 4.78 is 5.59. The lowest BCUT2D eigenvalue weighted by Crippen LogP contribution is -1.94. The zero-order chi connectivity index (χ0) is 20.1. The summed E-state index contributed by atoms with van der Waals surface area (Å²) in [7, 11) is 1.63. The van der Waals surface area contributed by atoms with Crippen LogP contribution in [0.5, 0.6) is 11.5 Å². The Bertz CT molecular complexity index is 1100. The lowest BCUT2D eigenvalue weighted by molar-refractivity contribution is 0.416. The molecule has 0 saturated heterocycles. The van der Waals surface area contributed by atoms with E-state index in [0.717, 1.165) is 28.3 Å². The van der Waals surface area contributed by atoms with Crippen LogP contribution >= 0.6 is 0 Å². The Morgan fingerprint density at radius 3 is 1.62 bits per heavy atom. The van der Waals surface area contributed by atoms with Gasteiger partial charge in [0.05, 0.1) is 7.11 Å². The van der Waals surface area contributed by atoms with Gasteiger partial charge in [-0.3, -0.25) is 0 Å². The molecule has 0 bridgehead atoms. The van der Waals surface area contributed by atoms with Crippen LogP contribution in [0.3, 0.4) is 0 Å². The van der Waals surface area contributed by atoms with Crippen molar-refractivity contribution in [2.45, 2.75) is 0 Å². The Kier molecular flexibility index (Phi) is 5.34. The number of ether oxygens (including phenoxy) is 1. The van der Waals surface area contributed by atoms with Crippen LogP contribution in [0.2, 0.25) is 0 Å². The van der Waals surface area contributed by atoms with E-state index in [-0.39, 0.29) is 5.75 Å². The van der Waals surface area contributed by atoms with Gasteiger partial charge in [0.1, 0.15) is 11.5 Å². The third kappa shape index (κ3) is 4.33. The van der Waals surface area contributed by atoms with Crippen molar-refractivity contribution in [3.05, 3.63) is 97.1 Å². The Balaban J connectivity index is 1.60. The number of anilines is 4. The van der Waals surface area contributed by atoms with Gasteiger partial charge in [-0.05, 0) is 48.5 Å². The molecule has 0 atom stereocenters. The van der Waals surface area contributed by atoms with Crippen molar-refractivity contribution in [2.24, 2.45) is 0 Å². The van der Waals surface area contributed by atoms with Crippen molar-refractivity contribution in [1.29, 1.82) is 0 Å². The molecule has 3 N–H and O–H groups in total. The van der Waals surface area contributed by atoms with Crippen molar-refractivity contribution < 1.29 is 9.84 Å². The van der Waals surface area contributed by atoms with Crippen molar-refractivity contribution >= 4 is 22.7 Å². The number of phenolic OH excluding ortho intramolecular Hbond substituents is 1. The highest BCUT2D eigenvalue weighted by atomic mass is 16.5. The number of aromatic hydroxyl groups is 1. The largest absolute Gasteiger partial charge is 0.507 e. The average molecular weight is 382 g/mol. The van der Waals surface area contributed by atoms with E-state index in [0.29, 0.717) is 11.3 Å². The van der Waals surface area contributed by atoms with Crippen molar-refractivity contribution in [2.75, 3.05) is 17.7 Å². The Labute approximate surface area is 170 Å². The quantitative estimate of drug-likeness (QED) is 0.354. The topological polar surface area (TPSA) is 53.5 Å². The SMILES string of the molecule is COc1cc(Nc2ccccc2)ccc1-c1ccc(Nc2ccccc2)cc1O. The lowest BCUT2D eigenvalue weighted by Gasteiger charge is -2.14. The van der Waals surface area contributed by atoms with Gasteiger partial charge in [-0.1, -0.05) is 36.4 Å². The number of rotatable bonds is 6. The van der Waals surface area contributed by atoms with E-state index in [4.69, 9.17) is 4.74 Å². The molecule has 4 aromatic rings. The van der Waals surface area contributed by atoms with Crippen LogP contribution in [0.25, 0.3) is 11.1 Å². The fourth-order valence-electron chi connectivity index (χ4n) is 3.20. The zero-order valence-electron chi connectivity index (χ0n) is 16.1. The summed E-state index contributed by atoms with van der Waals surface area (Å²) in [6, 6.07) is 31.2. The van der Waals surface area contributed by atoms with Gasteiger partial charge in [-0.15, -0.1) is 0 Å². The minimum atomic E-state index is 0.188. The van der Waals surface area contributed by atoms with Gasteiger partial charge in [0.25, 0.3) is 0 Å². The molecule has 4 heteroatoms. The fourth-order valence-corrected chi connectivity index (χ4v) is 3.20. The van der Waals surface area contributed by atoms with Crippen molar-refractivity contribution in [3.8, 4) is 22.6 Å². The molecule has 0 spiro atoms. The van der Waals surface area contributed by atoms with Gasteiger partial charge in [0.15, 0.2) is 0 Å². The summed E-state index contributed by atoms with van der Waals surface area (Å²) in [6.45, 7) is 0. The Morgan fingerprint density at radius 1 is 0.586 bits per heavy atom. The van der Waals surface area contributed by atoms with Gasteiger partial charge in [0, 0.05) is 46.0 Å². The summed E-state index contributed by atoms with van der Waals surface area (Å²) in [5.74, 6) is 0.873. The third-order valence-electron chi connectivity index (χ3n) is 4.61. The number of benzene rings is 4. The lowest BCUT2D eigenvalue weighted by atomic mass is 10.0. The van der Waals surface area contributed by atoms with Crippen molar-refractivity contribution in [3.63, 3.8) is 0 Å². The molecule has 0 aliphatic rings. The molecule has 4 nitrogen and oxygen atoms in total. The van der Waals surface area contributed by atoms with Gasteiger partial charge < -0.3 is 20.5 Å². The maximum atomic E-state index is 10.6. The molecule has 0 saturated carbocycles. The molecule has 0 heterocycles. The molecule has 0 fully saturated rings. The van der Waals surface area contributed by atoms with Gasteiger partial charge in [-0.2, -0.15) is 0 Å². The second-order valence-electron chi connectivity index (χ2n) is 6.63. The van der Waals surface area contributed by atoms with Crippen LogP contribution in [0.1, 0.15) is 0 Å². The predicted molar refractivity (Wildman–Crippen MR) is 120 cm³/mol. The number of methoxy groups -OCH3 is 1. The normalized spacial score (nSPS) is 10.4. The van der Waals surface area contributed by atoms with Gasteiger partial charge in [0.2, 0.25) is 0 Å². The van der Waals surface area contributed by atoms with E-state index >= 15 is 0 Å². The minimum Gasteiger partial charge on any atom is -0.507 e. The monoisotopic (exact) mass is 382 g/mol. The molecule has 0 aliphatic carbocycles. The molecule has 4 aromatic carbocycles. The summed E-state index contributed by atoms with van der Waals surface area (Å²) in [5, 5.41) is 17.3. The first-order valence-corrected chi connectivity index (χ1v) is 9.38. The van der Waals surface area contributed by atoms with Crippen LogP contribution in [0.15, 0.2) is 97.1 Å². The summed E-state index contributed by atoms with van der Waals surface area (Å²) in [5.41, 5.74) is 5.24. The van der Waals surface area contributed by atoms with Crippen LogP contribution in [0.4, 0.5) is 22.7 Å². The second kappa shape index (κ2) is 8.40. The Hall–Kier alpha value is -3.92. The van der Waals surface area contributed by atoms with E-state index in [1.165, 1.54) is 0 Å². The minimum absolute atomic E-state index is 0.188. The highest BCUT2D eigenvalue weighted by molar-refractivity contribution is 5.80. The highest BCUT2D eigenvalue weighted by Gasteiger charge is 2.12. The summed E-state index contributed by atoms with van der Waals surface area (Å²) in [6.07, 6.45) is 0. The molecule has 0 radical (unpaired) electrons. The van der Waals surface area contributed by atoms with Crippen LogP contribution < -0.4 is 15.4 Å². The number of nitrogens with one attached hydrogen (secondary N) is 2. The predicted octanol–water partition coefficient (Wildman–Crippen LogP) is 6.56. The van der Waals surface area contributed by atoms with Crippen molar-refractivity contribution in [1.82, 2.24) is 0 Å². The van der Waals surface area contributed by atoms with E-state index in [1.54, 1.807) is 13.2 Å². The first kappa shape index (κ1) is 18.4.